The summed E-state index contributed by atoms with van der Waals surface area (Å²) in [5.74, 6) is 1.33. The number of ether oxygens (including phenoxy) is 1. The molecule has 1 N–H and O–H groups in total. The Hall–Kier alpha value is -0.870. The Morgan fingerprint density at radius 3 is 2.94 bits per heavy atom. The molecule has 1 aromatic heterocycles. The smallest absolute Gasteiger partial charge is 0.150 e. The van der Waals surface area contributed by atoms with Gasteiger partial charge in [-0.3, -0.25) is 0 Å². The zero-order valence-corrected chi connectivity index (χ0v) is 10.2. The third-order valence-corrected chi connectivity index (χ3v) is 3.08. The van der Waals surface area contributed by atoms with E-state index in [0.717, 1.165) is 31.0 Å². The second kappa shape index (κ2) is 4.97. The lowest BCUT2D eigenvalue weighted by molar-refractivity contribution is 0.112. The molecule has 0 bridgehead atoms. The monoisotopic (exact) mass is 224 g/mol. The molecule has 0 aromatic carbocycles. The zero-order valence-electron chi connectivity index (χ0n) is 10.2. The first-order chi connectivity index (χ1) is 7.66. The van der Waals surface area contributed by atoms with E-state index in [-0.39, 0.29) is 0 Å². The maximum Gasteiger partial charge on any atom is 0.150 e. The largest absolute Gasteiger partial charge is 0.377 e. The van der Waals surface area contributed by atoms with Crippen LogP contribution in [0.1, 0.15) is 44.6 Å². The molecule has 90 valence electrons. The van der Waals surface area contributed by atoms with Crippen LogP contribution in [0.5, 0.6) is 0 Å². The van der Waals surface area contributed by atoms with Gasteiger partial charge in [0.25, 0.3) is 0 Å². The number of hydrogen-bond donors (Lipinski definition) is 1. The van der Waals surface area contributed by atoms with Gasteiger partial charge in [-0.2, -0.15) is 0 Å². The minimum atomic E-state index is 0.299. The van der Waals surface area contributed by atoms with Gasteiger partial charge >= 0.3 is 0 Å². The van der Waals surface area contributed by atoms with Crippen molar-refractivity contribution >= 4 is 0 Å². The molecule has 1 fully saturated rings. The molecule has 2 atom stereocenters. The summed E-state index contributed by atoms with van der Waals surface area (Å²) in [6.45, 7) is 7.92. The van der Waals surface area contributed by atoms with Crippen LogP contribution < -0.4 is 5.32 Å². The Balaban J connectivity index is 1.84. The number of rotatable bonds is 4. The molecule has 0 amide bonds. The number of nitrogens with zero attached hydrogens (tertiary/aromatic N) is 1. The van der Waals surface area contributed by atoms with Crippen LogP contribution in [-0.4, -0.2) is 23.9 Å². The molecule has 2 rings (SSSR count). The molecule has 0 saturated carbocycles. The Bertz CT molecular complexity index is 336. The Morgan fingerprint density at radius 2 is 2.38 bits per heavy atom. The number of aromatic nitrogens is 1. The second-order valence-electron chi connectivity index (χ2n) is 4.72. The van der Waals surface area contributed by atoms with Gasteiger partial charge in [0.05, 0.1) is 18.3 Å². The van der Waals surface area contributed by atoms with E-state index in [9.17, 15) is 0 Å². The fraction of sp³-hybridized carbons (Fsp3) is 0.750. The zero-order chi connectivity index (χ0) is 11.5. The van der Waals surface area contributed by atoms with Crippen LogP contribution in [0.4, 0.5) is 0 Å². The van der Waals surface area contributed by atoms with E-state index >= 15 is 0 Å². The SMILES string of the molecule is CC(C)c1cc(CNC2CCOC2C)on1. The van der Waals surface area contributed by atoms with E-state index in [1.54, 1.807) is 0 Å². The topological polar surface area (TPSA) is 47.3 Å². The van der Waals surface area contributed by atoms with Crippen LogP contribution in [0, 0.1) is 0 Å². The lowest BCUT2D eigenvalue weighted by Gasteiger charge is -2.14. The Morgan fingerprint density at radius 1 is 1.56 bits per heavy atom. The minimum Gasteiger partial charge on any atom is -0.377 e. The molecular formula is C12H20N2O2. The first kappa shape index (κ1) is 11.6. The standard InChI is InChI=1S/C12H20N2O2/c1-8(2)12-6-10(16-14-12)7-13-11-4-5-15-9(11)3/h6,8-9,11,13H,4-5,7H2,1-3H3. The van der Waals surface area contributed by atoms with Gasteiger partial charge < -0.3 is 14.6 Å². The van der Waals surface area contributed by atoms with Crippen molar-refractivity contribution in [3.8, 4) is 0 Å². The lowest BCUT2D eigenvalue weighted by atomic mass is 10.1. The number of nitrogens with one attached hydrogen (secondary N) is 1. The summed E-state index contributed by atoms with van der Waals surface area (Å²) < 4.78 is 10.8. The quantitative estimate of drug-likeness (QED) is 0.850. The van der Waals surface area contributed by atoms with Crippen molar-refractivity contribution in [3.05, 3.63) is 17.5 Å². The van der Waals surface area contributed by atoms with Crippen molar-refractivity contribution in [2.45, 2.75) is 51.8 Å². The first-order valence-corrected chi connectivity index (χ1v) is 5.97. The molecule has 0 radical (unpaired) electrons. The van der Waals surface area contributed by atoms with Crippen LogP contribution in [0.15, 0.2) is 10.6 Å². The summed E-state index contributed by atoms with van der Waals surface area (Å²) in [5.41, 5.74) is 1.02. The molecule has 1 aromatic rings. The molecule has 2 unspecified atom stereocenters. The van der Waals surface area contributed by atoms with Gasteiger partial charge in [0.1, 0.15) is 0 Å². The van der Waals surface area contributed by atoms with E-state index in [1.165, 1.54) is 0 Å². The van der Waals surface area contributed by atoms with Gasteiger partial charge in [-0.1, -0.05) is 19.0 Å². The molecule has 4 nitrogen and oxygen atoms in total. The van der Waals surface area contributed by atoms with Crippen LogP contribution in [0.25, 0.3) is 0 Å². The van der Waals surface area contributed by atoms with Crippen molar-refractivity contribution in [1.82, 2.24) is 10.5 Å². The average molecular weight is 224 g/mol. The fourth-order valence-corrected chi connectivity index (χ4v) is 1.92. The first-order valence-electron chi connectivity index (χ1n) is 5.97. The van der Waals surface area contributed by atoms with Crippen molar-refractivity contribution in [3.63, 3.8) is 0 Å². The highest BCUT2D eigenvalue weighted by molar-refractivity contribution is 5.08. The molecule has 2 heterocycles. The molecule has 16 heavy (non-hydrogen) atoms. The molecule has 0 aliphatic carbocycles. The van der Waals surface area contributed by atoms with E-state index in [2.05, 4.69) is 31.2 Å². The summed E-state index contributed by atoms with van der Waals surface area (Å²) in [7, 11) is 0. The van der Waals surface area contributed by atoms with Crippen molar-refractivity contribution in [1.29, 1.82) is 0 Å². The average Bonchev–Trinajstić information content (AvgIpc) is 2.83. The maximum atomic E-state index is 5.49. The van der Waals surface area contributed by atoms with Gasteiger partial charge in [-0.05, 0) is 19.3 Å². The minimum absolute atomic E-state index is 0.299. The maximum absolute atomic E-state index is 5.49. The normalized spacial score (nSPS) is 25.5. The predicted octanol–water partition coefficient (Wildman–Crippen LogP) is 2.07. The van der Waals surface area contributed by atoms with Gasteiger partial charge in [0.15, 0.2) is 5.76 Å². The van der Waals surface area contributed by atoms with Crippen LogP contribution in [0.3, 0.4) is 0 Å². The molecular weight excluding hydrogens is 204 g/mol. The molecule has 4 heteroatoms. The highest BCUT2D eigenvalue weighted by Crippen LogP contribution is 2.16. The second-order valence-corrected chi connectivity index (χ2v) is 4.72. The Labute approximate surface area is 96.3 Å². The fourth-order valence-electron chi connectivity index (χ4n) is 1.92. The lowest BCUT2D eigenvalue weighted by Crippen LogP contribution is -2.33. The van der Waals surface area contributed by atoms with E-state index in [0.29, 0.717) is 18.1 Å². The van der Waals surface area contributed by atoms with E-state index in [4.69, 9.17) is 9.26 Å². The summed E-state index contributed by atoms with van der Waals surface area (Å²) in [4.78, 5) is 0. The Kier molecular flexibility index (Phi) is 3.61. The van der Waals surface area contributed by atoms with Crippen LogP contribution in [0.2, 0.25) is 0 Å². The van der Waals surface area contributed by atoms with E-state index in [1.807, 2.05) is 6.07 Å². The van der Waals surface area contributed by atoms with Gasteiger partial charge in [-0.25, -0.2) is 0 Å². The molecule has 1 saturated heterocycles. The highest BCUT2D eigenvalue weighted by atomic mass is 16.5. The molecule has 0 spiro atoms. The third kappa shape index (κ3) is 2.62. The van der Waals surface area contributed by atoms with Gasteiger partial charge in [0.2, 0.25) is 0 Å². The van der Waals surface area contributed by atoms with Crippen molar-refractivity contribution in [2.75, 3.05) is 6.61 Å². The van der Waals surface area contributed by atoms with Gasteiger partial charge in [-0.15, -0.1) is 0 Å². The third-order valence-electron chi connectivity index (χ3n) is 3.08. The summed E-state index contributed by atoms with van der Waals surface area (Å²) >= 11 is 0. The predicted molar refractivity (Wildman–Crippen MR) is 61.3 cm³/mol. The van der Waals surface area contributed by atoms with Gasteiger partial charge in [0, 0.05) is 18.7 Å². The number of hydrogen-bond acceptors (Lipinski definition) is 4. The van der Waals surface area contributed by atoms with Crippen molar-refractivity contribution in [2.24, 2.45) is 0 Å². The van der Waals surface area contributed by atoms with Crippen LogP contribution in [-0.2, 0) is 11.3 Å². The summed E-state index contributed by atoms with van der Waals surface area (Å²) in [6, 6.07) is 2.46. The summed E-state index contributed by atoms with van der Waals surface area (Å²) in [5, 5.41) is 7.47. The van der Waals surface area contributed by atoms with E-state index < -0.39 is 0 Å². The highest BCUT2D eigenvalue weighted by Gasteiger charge is 2.23. The molecule has 1 aliphatic heterocycles. The van der Waals surface area contributed by atoms with Crippen LogP contribution >= 0.6 is 0 Å². The molecule has 1 aliphatic rings. The van der Waals surface area contributed by atoms with Crippen molar-refractivity contribution < 1.29 is 9.26 Å². The summed E-state index contributed by atoms with van der Waals surface area (Å²) in [6.07, 6.45) is 1.37.